The minimum atomic E-state index is -4.28. The van der Waals surface area contributed by atoms with E-state index in [1.165, 1.54) is 23.1 Å². The van der Waals surface area contributed by atoms with Crippen molar-refractivity contribution >= 4 is 23.5 Å². The van der Waals surface area contributed by atoms with E-state index in [9.17, 15) is 18.0 Å². The summed E-state index contributed by atoms with van der Waals surface area (Å²) in [5.74, 6) is -1.03. The van der Waals surface area contributed by atoms with Crippen molar-refractivity contribution in [3.05, 3.63) is 36.9 Å². The Morgan fingerprint density at radius 2 is 2.09 bits per heavy atom. The average Bonchev–Trinajstić information content (AvgIpc) is 2.45. The smallest absolute Gasteiger partial charge is 0.395 e. The number of benzene rings is 1. The lowest BCUT2D eigenvalue weighted by Crippen LogP contribution is -2.37. The number of aliphatic hydroxyl groups excluding tert-OH is 1. The number of hydrogen-bond acceptors (Lipinski definition) is 3. The number of anilines is 1. The molecule has 1 aromatic carbocycles. The third kappa shape index (κ3) is 6.40. The highest BCUT2D eigenvalue weighted by atomic mass is 32.2. The molecule has 22 heavy (non-hydrogen) atoms. The Labute approximate surface area is 131 Å². The normalized spacial score (nSPS) is 11.1. The molecular formula is C14H17F3N2O2S. The first-order valence-corrected chi connectivity index (χ1v) is 7.42. The molecule has 0 saturated heterocycles. The summed E-state index contributed by atoms with van der Waals surface area (Å²) in [6.45, 7) is 3.63. The summed E-state index contributed by atoms with van der Waals surface area (Å²) in [7, 11) is 0. The second kappa shape index (κ2) is 8.70. The number of hydrogen-bond donors (Lipinski definition) is 2. The molecule has 122 valence electrons. The molecule has 0 aliphatic carbocycles. The summed E-state index contributed by atoms with van der Waals surface area (Å²) in [5, 5.41) is 11.5. The number of aliphatic hydroxyl groups is 1. The third-order valence-corrected chi connectivity index (χ3v) is 3.67. The van der Waals surface area contributed by atoms with Crippen LogP contribution in [0.5, 0.6) is 0 Å². The van der Waals surface area contributed by atoms with Gasteiger partial charge in [-0.1, -0.05) is 18.2 Å². The van der Waals surface area contributed by atoms with Crippen LogP contribution in [0.4, 0.5) is 23.7 Å². The van der Waals surface area contributed by atoms with Gasteiger partial charge in [-0.3, -0.25) is 0 Å². The largest absolute Gasteiger partial charge is 0.398 e. The molecule has 0 aliphatic heterocycles. The van der Waals surface area contributed by atoms with Gasteiger partial charge >= 0.3 is 12.2 Å². The standard InChI is InChI=1S/C14H17F3N2O2S/c1-2-7-19(8-9-20)13(21)18-11-5-3-4-6-12(11)22-10-14(15,16)17/h2-6,20H,1,7-10H2,(H,18,21). The highest BCUT2D eigenvalue weighted by molar-refractivity contribution is 7.99. The fraction of sp³-hybridized carbons (Fsp3) is 0.357. The van der Waals surface area contributed by atoms with Crippen molar-refractivity contribution in [3.63, 3.8) is 0 Å². The summed E-state index contributed by atoms with van der Waals surface area (Å²) < 4.78 is 36.9. The van der Waals surface area contributed by atoms with Crippen molar-refractivity contribution < 1.29 is 23.1 Å². The molecule has 1 aromatic rings. The first-order chi connectivity index (χ1) is 10.4. The minimum Gasteiger partial charge on any atom is -0.395 e. The number of nitrogens with zero attached hydrogens (tertiary/aromatic N) is 1. The van der Waals surface area contributed by atoms with Gasteiger partial charge in [0.05, 0.1) is 18.0 Å². The van der Waals surface area contributed by atoms with Crippen LogP contribution in [0.25, 0.3) is 0 Å². The molecule has 0 aromatic heterocycles. The van der Waals surface area contributed by atoms with Gasteiger partial charge in [0.2, 0.25) is 0 Å². The van der Waals surface area contributed by atoms with Gasteiger partial charge in [-0.25, -0.2) is 4.79 Å². The van der Waals surface area contributed by atoms with Gasteiger partial charge in [0, 0.05) is 18.0 Å². The first kappa shape index (κ1) is 18.4. The Morgan fingerprint density at radius 1 is 1.41 bits per heavy atom. The number of alkyl halides is 3. The van der Waals surface area contributed by atoms with E-state index in [0.29, 0.717) is 22.3 Å². The molecular weight excluding hydrogens is 317 g/mol. The van der Waals surface area contributed by atoms with E-state index in [0.717, 1.165) is 0 Å². The van der Waals surface area contributed by atoms with Crippen LogP contribution in [0.1, 0.15) is 0 Å². The Balaban J connectivity index is 2.79. The number of para-hydroxylation sites is 1. The van der Waals surface area contributed by atoms with Gasteiger partial charge in [0.15, 0.2) is 0 Å². The van der Waals surface area contributed by atoms with Crippen molar-refractivity contribution in [2.75, 3.05) is 30.8 Å². The zero-order valence-electron chi connectivity index (χ0n) is 11.8. The Bertz CT molecular complexity index is 509. The lowest BCUT2D eigenvalue weighted by Gasteiger charge is -2.21. The van der Waals surface area contributed by atoms with E-state index >= 15 is 0 Å². The summed E-state index contributed by atoms with van der Waals surface area (Å²) in [6.07, 6.45) is -2.78. The third-order valence-electron chi connectivity index (χ3n) is 2.53. The highest BCUT2D eigenvalue weighted by Crippen LogP contribution is 2.32. The zero-order valence-corrected chi connectivity index (χ0v) is 12.6. The maximum Gasteiger partial charge on any atom is 0.398 e. The number of urea groups is 1. The van der Waals surface area contributed by atoms with Crippen LogP contribution >= 0.6 is 11.8 Å². The average molecular weight is 334 g/mol. The van der Waals surface area contributed by atoms with E-state index in [1.807, 2.05) is 0 Å². The van der Waals surface area contributed by atoms with Gasteiger partial charge in [-0.15, -0.1) is 18.3 Å². The van der Waals surface area contributed by atoms with Gasteiger partial charge in [-0.05, 0) is 12.1 Å². The van der Waals surface area contributed by atoms with Crippen molar-refractivity contribution in [2.45, 2.75) is 11.1 Å². The molecule has 4 nitrogen and oxygen atoms in total. The Kier molecular flexibility index (Phi) is 7.26. The van der Waals surface area contributed by atoms with Crippen LogP contribution in [0, 0.1) is 0 Å². The SMILES string of the molecule is C=CCN(CCO)C(=O)Nc1ccccc1SCC(F)(F)F. The monoisotopic (exact) mass is 334 g/mol. The zero-order chi connectivity index (χ0) is 16.6. The van der Waals surface area contributed by atoms with Crippen LogP contribution in [0.3, 0.4) is 0 Å². The van der Waals surface area contributed by atoms with E-state index in [4.69, 9.17) is 5.11 Å². The first-order valence-electron chi connectivity index (χ1n) is 6.43. The fourth-order valence-corrected chi connectivity index (χ4v) is 2.37. The quantitative estimate of drug-likeness (QED) is 0.594. The highest BCUT2D eigenvalue weighted by Gasteiger charge is 2.27. The molecule has 0 fully saturated rings. The molecule has 0 aliphatic rings. The number of carbonyl (C=O) groups excluding carboxylic acids is 1. The number of rotatable bonds is 7. The molecule has 0 atom stereocenters. The van der Waals surface area contributed by atoms with E-state index in [1.54, 1.807) is 12.1 Å². The number of nitrogens with one attached hydrogen (secondary N) is 1. The van der Waals surface area contributed by atoms with Gasteiger partial charge < -0.3 is 15.3 Å². The molecule has 2 amide bonds. The molecule has 8 heteroatoms. The molecule has 0 saturated carbocycles. The molecule has 0 heterocycles. The molecule has 0 radical (unpaired) electrons. The van der Waals surface area contributed by atoms with Gasteiger partial charge in [0.1, 0.15) is 0 Å². The predicted octanol–water partition coefficient (Wildman–Crippen LogP) is 3.35. The van der Waals surface area contributed by atoms with Crippen LogP contribution < -0.4 is 5.32 Å². The molecule has 0 unspecified atom stereocenters. The maximum atomic E-state index is 12.3. The van der Waals surface area contributed by atoms with Crippen LogP contribution in [0.2, 0.25) is 0 Å². The van der Waals surface area contributed by atoms with Crippen molar-refractivity contribution in [3.8, 4) is 0 Å². The summed E-state index contributed by atoms with van der Waals surface area (Å²) >= 11 is 0.607. The van der Waals surface area contributed by atoms with Crippen LogP contribution in [0.15, 0.2) is 41.8 Å². The number of carbonyl (C=O) groups is 1. The Morgan fingerprint density at radius 3 is 2.68 bits per heavy atom. The second-order valence-electron chi connectivity index (χ2n) is 4.29. The number of thioether (sulfide) groups is 1. The number of amides is 2. The lowest BCUT2D eigenvalue weighted by molar-refractivity contribution is -0.105. The van der Waals surface area contributed by atoms with E-state index in [2.05, 4.69) is 11.9 Å². The minimum absolute atomic E-state index is 0.107. The Hall–Kier alpha value is -1.67. The van der Waals surface area contributed by atoms with Crippen LogP contribution in [-0.4, -0.2) is 47.7 Å². The maximum absolute atomic E-state index is 12.3. The van der Waals surface area contributed by atoms with Crippen molar-refractivity contribution in [1.82, 2.24) is 4.90 Å². The van der Waals surface area contributed by atoms with Crippen molar-refractivity contribution in [1.29, 1.82) is 0 Å². The van der Waals surface area contributed by atoms with Crippen molar-refractivity contribution in [2.24, 2.45) is 0 Å². The fourth-order valence-electron chi connectivity index (χ4n) is 1.60. The summed E-state index contributed by atoms with van der Waals surface area (Å²) in [5.41, 5.74) is 0.300. The van der Waals surface area contributed by atoms with Gasteiger partial charge in [-0.2, -0.15) is 13.2 Å². The molecule has 1 rings (SSSR count). The van der Waals surface area contributed by atoms with Crippen LogP contribution in [-0.2, 0) is 0 Å². The molecule has 0 spiro atoms. The van der Waals surface area contributed by atoms with E-state index in [-0.39, 0.29) is 19.7 Å². The number of halogens is 3. The molecule has 2 N–H and O–H groups in total. The molecule has 0 bridgehead atoms. The van der Waals surface area contributed by atoms with Gasteiger partial charge in [0.25, 0.3) is 0 Å². The second-order valence-corrected chi connectivity index (χ2v) is 5.31. The predicted molar refractivity (Wildman–Crippen MR) is 81.1 cm³/mol. The topological polar surface area (TPSA) is 52.6 Å². The van der Waals surface area contributed by atoms with E-state index < -0.39 is 18.0 Å². The summed E-state index contributed by atoms with van der Waals surface area (Å²) in [4.78, 5) is 13.7. The lowest BCUT2D eigenvalue weighted by atomic mass is 10.3. The summed E-state index contributed by atoms with van der Waals surface area (Å²) in [6, 6.07) is 5.76.